The first kappa shape index (κ1) is 14.8. The van der Waals surface area contributed by atoms with Crippen LogP contribution in [0.2, 0.25) is 5.02 Å². The Bertz CT molecular complexity index is 571. The molecular weight excluding hydrogens is 277 g/mol. The second-order valence-electron chi connectivity index (χ2n) is 4.61. The topological polar surface area (TPSA) is 35.2 Å². The standard InChI is InChI=1S/C16H17ClFNO/c1-2-16(19)11-3-6-14(7-4-11)20-10-12-9-13(18)5-8-15(12)17/h3-9,16H,2,10,19H2,1H3/t16-/m1/s1. The van der Waals surface area contributed by atoms with Gasteiger partial charge in [-0.2, -0.15) is 0 Å². The predicted molar refractivity (Wildman–Crippen MR) is 79.4 cm³/mol. The van der Waals surface area contributed by atoms with Crippen molar-refractivity contribution >= 4 is 11.6 Å². The van der Waals surface area contributed by atoms with E-state index in [2.05, 4.69) is 0 Å². The Labute approximate surface area is 123 Å². The van der Waals surface area contributed by atoms with Crippen molar-refractivity contribution in [3.63, 3.8) is 0 Å². The molecule has 2 rings (SSSR count). The Kier molecular flexibility index (Phi) is 4.99. The van der Waals surface area contributed by atoms with Crippen LogP contribution >= 0.6 is 11.6 Å². The van der Waals surface area contributed by atoms with Crippen LogP contribution in [0, 0.1) is 5.82 Å². The van der Waals surface area contributed by atoms with Gasteiger partial charge in [0.2, 0.25) is 0 Å². The first-order valence-electron chi connectivity index (χ1n) is 6.52. The van der Waals surface area contributed by atoms with Crippen molar-refractivity contribution in [2.75, 3.05) is 0 Å². The summed E-state index contributed by atoms with van der Waals surface area (Å²) in [5.41, 5.74) is 7.64. The molecule has 2 aromatic carbocycles. The van der Waals surface area contributed by atoms with Crippen LogP contribution in [0.4, 0.5) is 4.39 Å². The van der Waals surface area contributed by atoms with E-state index in [1.54, 1.807) is 0 Å². The number of benzene rings is 2. The van der Waals surface area contributed by atoms with Crippen molar-refractivity contribution in [2.24, 2.45) is 5.73 Å². The van der Waals surface area contributed by atoms with E-state index in [1.165, 1.54) is 18.2 Å². The summed E-state index contributed by atoms with van der Waals surface area (Å²) in [4.78, 5) is 0. The zero-order chi connectivity index (χ0) is 14.5. The zero-order valence-corrected chi connectivity index (χ0v) is 12.0. The lowest BCUT2D eigenvalue weighted by molar-refractivity contribution is 0.305. The molecule has 0 aromatic heterocycles. The minimum Gasteiger partial charge on any atom is -0.489 e. The Morgan fingerprint density at radius 1 is 1.20 bits per heavy atom. The molecule has 0 aliphatic rings. The van der Waals surface area contributed by atoms with Gasteiger partial charge in [-0.25, -0.2) is 4.39 Å². The monoisotopic (exact) mass is 293 g/mol. The average Bonchev–Trinajstić information content (AvgIpc) is 2.48. The van der Waals surface area contributed by atoms with E-state index in [0.29, 0.717) is 16.3 Å². The number of hydrogen-bond acceptors (Lipinski definition) is 2. The number of ether oxygens (including phenoxy) is 1. The van der Waals surface area contributed by atoms with Crippen LogP contribution in [-0.2, 0) is 6.61 Å². The third-order valence-electron chi connectivity index (χ3n) is 3.15. The molecule has 2 N–H and O–H groups in total. The maximum Gasteiger partial charge on any atom is 0.123 e. The minimum absolute atomic E-state index is 0.0433. The molecule has 2 nitrogen and oxygen atoms in total. The van der Waals surface area contributed by atoms with Gasteiger partial charge >= 0.3 is 0 Å². The molecule has 0 radical (unpaired) electrons. The van der Waals surface area contributed by atoms with Crippen LogP contribution in [-0.4, -0.2) is 0 Å². The average molecular weight is 294 g/mol. The van der Waals surface area contributed by atoms with E-state index >= 15 is 0 Å². The lowest BCUT2D eigenvalue weighted by Gasteiger charge is -2.11. The van der Waals surface area contributed by atoms with Gasteiger partial charge in [-0.15, -0.1) is 0 Å². The number of rotatable bonds is 5. The fourth-order valence-corrected chi connectivity index (χ4v) is 2.03. The second-order valence-corrected chi connectivity index (χ2v) is 5.02. The largest absolute Gasteiger partial charge is 0.489 e. The third-order valence-corrected chi connectivity index (χ3v) is 3.52. The summed E-state index contributed by atoms with van der Waals surface area (Å²) < 4.78 is 18.7. The molecule has 0 aliphatic carbocycles. The van der Waals surface area contributed by atoms with Gasteiger partial charge in [0.05, 0.1) is 0 Å². The van der Waals surface area contributed by atoms with Gasteiger partial charge in [0.15, 0.2) is 0 Å². The Balaban J connectivity index is 2.02. The number of halogens is 2. The Morgan fingerprint density at radius 3 is 2.55 bits per heavy atom. The summed E-state index contributed by atoms with van der Waals surface area (Å²) in [6.07, 6.45) is 0.888. The maximum atomic E-state index is 13.1. The van der Waals surface area contributed by atoms with Crippen LogP contribution in [0.1, 0.15) is 30.5 Å². The number of hydrogen-bond donors (Lipinski definition) is 1. The lowest BCUT2D eigenvalue weighted by Crippen LogP contribution is -2.08. The summed E-state index contributed by atoms with van der Waals surface area (Å²) in [7, 11) is 0. The molecule has 2 aromatic rings. The summed E-state index contributed by atoms with van der Waals surface area (Å²) >= 11 is 5.98. The molecule has 0 aliphatic heterocycles. The minimum atomic E-state index is -0.322. The van der Waals surface area contributed by atoms with Gasteiger partial charge in [0, 0.05) is 16.6 Å². The molecule has 0 heterocycles. The lowest BCUT2D eigenvalue weighted by atomic mass is 10.1. The first-order chi connectivity index (χ1) is 9.60. The van der Waals surface area contributed by atoms with Crippen molar-refractivity contribution < 1.29 is 9.13 Å². The first-order valence-corrected chi connectivity index (χ1v) is 6.90. The Hall–Kier alpha value is -1.58. The summed E-state index contributed by atoms with van der Waals surface area (Å²) in [6.45, 7) is 2.27. The van der Waals surface area contributed by atoms with Crippen LogP contribution in [0.3, 0.4) is 0 Å². The van der Waals surface area contributed by atoms with Crippen LogP contribution in [0.15, 0.2) is 42.5 Å². The van der Waals surface area contributed by atoms with E-state index in [0.717, 1.165) is 12.0 Å². The molecule has 0 bridgehead atoms. The molecule has 0 saturated heterocycles. The molecular formula is C16H17ClFNO. The summed E-state index contributed by atoms with van der Waals surface area (Å²) in [5, 5.41) is 0.496. The Morgan fingerprint density at radius 2 is 1.90 bits per heavy atom. The van der Waals surface area contributed by atoms with Gasteiger partial charge in [0.25, 0.3) is 0 Å². The molecule has 0 unspecified atom stereocenters. The van der Waals surface area contributed by atoms with Gasteiger partial charge < -0.3 is 10.5 Å². The highest BCUT2D eigenvalue weighted by Gasteiger charge is 2.05. The van der Waals surface area contributed by atoms with Gasteiger partial charge in [-0.05, 0) is 42.3 Å². The third kappa shape index (κ3) is 3.71. The normalized spacial score (nSPS) is 12.2. The van der Waals surface area contributed by atoms with Gasteiger partial charge in [-0.3, -0.25) is 0 Å². The van der Waals surface area contributed by atoms with Gasteiger partial charge in [0.1, 0.15) is 18.2 Å². The summed E-state index contributed by atoms with van der Waals surface area (Å²) in [6, 6.07) is 11.9. The van der Waals surface area contributed by atoms with Crippen LogP contribution < -0.4 is 10.5 Å². The molecule has 1 atom stereocenters. The van der Waals surface area contributed by atoms with Crippen LogP contribution in [0.25, 0.3) is 0 Å². The van der Waals surface area contributed by atoms with E-state index in [4.69, 9.17) is 22.1 Å². The van der Waals surface area contributed by atoms with E-state index in [9.17, 15) is 4.39 Å². The highest BCUT2D eigenvalue weighted by atomic mass is 35.5. The molecule has 0 amide bonds. The number of nitrogens with two attached hydrogens (primary N) is 1. The molecule has 106 valence electrons. The second kappa shape index (κ2) is 6.73. The highest BCUT2D eigenvalue weighted by molar-refractivity contribution is 6.31. The fraction of sp³-hybridized carbons (Fsp3) is 0.250. The predicted octanol–water partition coefficient (Wildman–Crippen LogP) is 4.47. The quantitative estimate of drug-likeness (QED) is 0.883. The molecule has 0 saturated carbocycles. The maximum absolute atomic E-state index is 13.1. The van der Waals surface area contributed by atoms with E-state index in [-0.39, 0.29) is 18.5 Å². The van der Waals surface area contributed by atoms with Crippen molar-refractivity contribution in [2.45, 2.75) is 26.0 Å². The molecule has 20 heavy (non-hydrogen) atoms. The summed E-state index contributed by atoms with van der Waals surface area (Å²) in [5.74, 6) is 0.384. The van der Waals surface area contributed by atoms with Crippen molar-refractivity contribution in [3.8, 4) is 5.75 Å². The smallest absolute Gasteiger partial charge is 0.123 e. The van der Waals surface area contributed by atoms with Crippen molar-refractivity contribution in [3.05, 3.63) is 64.4 Å². The fourth-order valence-electron chi connectivity index (χ4n) is 1.86. The zero-order valence-electron chi connectivity index (χ0n) is 11.3. The van der Waals surface area contributed by atoms with Crippen molar-refractivity contribution in [1.29, 1.82) is 0 Å². The van der Waals surface area contributed by atoms with E-state index < -0.39 is 0 Å². The van der Waals surface area contributed by atoms with E-state index in [1.807, 2.05) is 31.2 Å². The molecule has 0 spiro atoms. The van der Waals surface area contributed by atoms with Gasteiger partial charge in [-0.1, -0.05) is 30.7 Å². The molecule has 0 fully saturated rings. The SMILES string of the molecule is CC[C@@H](N)c1ccc(OCc2cc(F)ccc2Cl)cc1. The van der Waals surface area contributed by atoms with Crippen LogP contribution in [0.5, 0.6) is 5.75 Å². The highest BCUT2D eigenvalue weighted by Crippen LogP contribution is 2.22. The van der Waals surface area contributed by atoms with Crippen molar-refractivity contribution in [1.82, 2.24) is 0 Å². The molecule has 4 heteroatoms.